The molecule has 1 saturated heterocycles. The van der Waals surface area contributed by atoms with Gasteiger partial charge in [0.1, 0.15) is 22.7 Å². The van der Waals surface area contributed by atoms with Crippen molar-refractivity contribution in [3.63, 3.8) is 0 Å². The number of benzene rings is 2. The highest BCUT2D eigenvalue weighted by atomic mass is 35.5. The van der Waals surface area contributed by atoms with Crippen LogP contribution in [0.5, 0.6) is 5.75 Å². The zero-order valence-corrected chi connectivity index (χ0v) is 21.6. The van der Waals surface area contributed by atoms with E-state index < -0.39 is 35.9 Å². The topological polar surface area (TPSA) is 99.7 Å². The van der Waals surface area contributed by atoms with Gasteiger partial charge in [-0.05, 0) is 23.8 Å². The molecule has 7 nitrogen and oxygen atoms in total. The van der Waals surface area contributed by atoms with Crippen LogP contribution in [-0.4, -0.2) is 60.3 Å². The minimum Gasteiger partial charge on any atom is -0.491 e. The van der Waals surface area contributed by atoms with Crippen LogP contribution in [0, 0.1) is 23.0 Å². The molecule has 0 aliphatic carbocycles. The summed E-state index contributed by atoms with van der Waals surface area (Å²) in [6.45, 7) is 0.337. The SMILES string of the molecule is N#Cc1c(N)sc2c(F)ccc(-c3c(F)cc4c(c3Cl)OCCC3CN(C(=O)/C=C/C(F)F)CCN3C4=O)c12. The van der Waals surface area contributed by atoms with Crippen molar-refractivity contribution in [2.45, 2.75) is 18.9 Å². The van der Waals surface area contributed by atoms with Gasteiger partial charge in [0.15, 0.2) is 5.75 Å². The minimum atomic E-state index is -2.76. The molecule has 0 saturated carbocycles. The van der Waals surface area contributed by atoms with Gasteiger partial charge >= 0.3 is 0 Å². The number of fused-ring (bicyclic) bond motifs is 3. The van der Waals surface area contributed by atoms with Crippen LogP contribution >= 0.6 is 22.9 Å². The number of rotatable bonds is 3. The molecule has 1 unspecified atom stereocenters. The summed E-state index contributed by atoms with van der Waals surface area (Å²) < 4.78 is 61.1. The number of carbonyl (C=O) groups excluding carboxylic acids is 2. The van der Waals surface area contributed by atoms with Gasteiger partial charge in [-0.3, -0.25) is 9.59 Å². The van der Waals surface area contributed by atoms with Crippen molar-refractivity contribution in [1.29, 1.82) is 5.26 Å². The number of nitriles is 1. The highest BCUT2D eigenvalue weighted by Gasteiger charge is 2.37. The van der Waals surface area contributed by atoms with Crippen LogP contribution in [0.3, 0.4) is 0 Å². The molecule has 5 rings (SSSR count). The molecule has 0 radical (unpaired) electrons. The molecule has 2 N–H and O–H groups in total. The Hall–Kier alpha value is -3.82. The van der Waals surface area contributed by atoms with Crippen molar-refractivity contribution in [1.82, 2.24) is 9.80 Å². The van der Waals surface area contributed by atoms with Gasteiger partial charge < -0.3 is 20.3 Å². The van der Waals surface area contributed by atoms with E-state index in [9.17, 15) is 28.0 Å². The molecule has 202 valence electrons. The van der Waals surface area contributed by atoms with Gasteiger partial charge in [0.2, 0.25) is 5.91 Å². The summed E-state index contributed by atoms with van der Waals surface area (Å²) in [5.74, 6) is -2.75. The van der Waals surface area contributed by atoms with Crippen LogP contribution < -0.4 is 10.5 Å². The number of carbonyl (C=O) groups is 2. The van der Waals surface area contributed by atoms with Crippen LogP contribution in [0.25, 0.3) is 21.2 Å². The fourth-order valence-electron chi connectivity index (χ4n) is 4.94. The molecule has 1 atom stereocenters. The van der Waals surface area contributed by atoms with Gasteiger partial charge in [0, 0.05) is 43.1 Å². The average Bonchev–Trinajstić information content (AvgIpc) is 3.25. The molecular formula is C26H19ClF4N4O3S. The van der Waals surface area contributed by atoms with Crippen molar-refractivity contribution in [2.24, 2.45) is 0 Å². The van der Waals surface area contributed by atoms with Crippen molar-refractivity contribution in [3.8, 4) is 22.9 Å². The summed E-state index contributed by atoms with van der Waals surface area (Å²) in [5.41, 5.74) is 5.73. The highest BCUT2D eigenvalue weighted by Crippen LogP contribution is 2.47. The summed E-state index contributed by atoms with van der Waals surface area (Å²) in [7, 11) is 0. The van der Waals surface area contributed by atoms with Crippen LogP contribution in [0.15, 0.2) is 30.4 Å². The molecule has 0 bridgehead atoms. The van der Waals surface area contributed by atoms with Crippen LogP contribution in [0.4, 0.5) is 22.6 Å². The molecule has 3 heterocycles. The van der Waals surface area contributed by atoms with Gasteiger partial charge in [0.05, 0.1) is 33.5 Å². The third-order valence-corrected chi connectivity index (χ3v) is 8.13. The molecule has 1 fully saturated rings. The van der Waals surface area contributed by atoms with E-state index in [0.29, 0.717) is 6.08 Å². The number of amides is 2. The smallest absolute Gasteiger partial charge is 0.258 e. The molecule has 1 aromatic heterocycles. The standard InChI is InChI=1S/C26H19ClF4N4O3S/c27-22-21(13-1-2-16(28)24-20(13)15(10-32)25(33)39-24)17(29)9-14-23(22)38-8-5-12-11-34(6-7-35(12)26(14)37)19(36)4-3-18(30)31/h1-4,9,12,18H,5-8,11,33H2/b4-3+. The van der Waals surface area contributed by atoms with Crippen molar-refractivity contribution < 1.29 is 31.9 Å². The van der Waals surface area contributed by atoms with E-state index in [1.54, 1.807) is 0 Å². The quantitative estimate of drug-likeness (QED) is 0.340. The largest absolute Gasteiger partial charge is 0.491 e. The fourth-order valence-corrected chi connectivity index (χ4v) is 6.24. The van der Waals surface area contributed by atoms with E-state index in [4.69, 9.17) is 22.1 Å². The number of thiophene rings is 1. The second-order valence-electron chi connectivity index (χ2n) is 8.94. The number of nitrogens with zero attached hydrogens (tertiary/aromatic N) is 3. The van der Waals surface area contributed by atoms with Gasteiger partial charge in [-0.25, -0.2) is 17.6 Å². The average molecular weight is 579 g/mol. The normalized spacial score (nSPS) is 17.6. The lowest BCUT2D eigenvalue weighted by Gasteiger charge is -2.42. The van der Waals surface area contributed by atoms with Gasteiger partial charge in [-0.2, -0.15) is 5.26 Å². The molecule has 2 aromatic carbocycles. The Morgan fingerprint density at radius 2 is 2.03 bits per heavy atom. The maximum atomic E-state index is 15.7. The van der Waals surface area contributed by atoms with Crippen molar-refractivity contribution in [2.75, 3.05) is 32.0 Å². The molecule has 3 aromatic rings. The van der Waals surface area contributed by atoms with Crippen molar-refractivity contribution >= 4 is 49.8 Å². The number of nitrogen functional groups attached to an aromatic ring is 1. The Balaban J connectivity index is 1.54. The summed E-state index contributed by atoms with van der Waals surface area (Å²) in [5, 5.41) is 9.57. The summed E-state index contributed by atoms with van der Waals surface area (Å²) in [4.78, 5) is 28.7. The number of ether oxygens (including phenoxy) is 1. The molecule has 2 aliphatic rings. The number of allylic oxidation sites excluding steroid dienone is 1. The Morgan fingerprint density at radius 1 is 1.26 bits per heavy atom. The predicted molar refractivity (Wildman–Crippen MR) is 138 cm³/mol. The first kappa shape index (κ1) is 26.8. The molecule has 13 heteroatoms. The van der Waals surface area contributed by atoms with E-state index in [2.05, 4.69) is 0 Å². The number of hydrogen-bond donors (Lipinski definition) is 1. The summed E-state index contributed by atoms with van der Waals surface area (Å²) >= 11 is 7.50. The molecule has 0 spiro atoms. The first-order valence-electron chi connectivity index (χ1n) is 11.7. The minimum absolute atomic E-state index is 0.0117. The molecule has 2 amide bonds. The predicted octanol–water partition coefficient (Wildman–Crippen LogP) is 5.21. The highest BCUT2D eigenvalue weighted by molar-refractivity contribution is 7.23. The number of hydrogen-bond acceptors (Lipinski definition) is 6. The van der Waals surface area contributed by atoms with E-state index >= 15 is 4.39 Å². The second-order valence-corrected chi connectivity index (χ2v) is 10.4. The first-order valence-corrected chi connectivity index (χ1v) is 12.9. The van der Waals surface area contributed by atoms with E-state index in [1.807, 2.05) is 6.07 Å². The Morgan fingerprint density at radius 3 is 2.74 bits per heavy atom. The number of nitrogens with two attached hydrogens (primary N) is 1. The van der Waals surface area contributed by atoms with Gasteiger partial charge in [-0.15, -0.1) is 11.3 Å². The monoisotopic (exact) mass is 578 g/mol. The third-order valence-electron chi connectivity index (χ3n) is 6.74. The van der Waals surface area contributed by atoms with E-state index in [1.165, 1.54) is 15.9 Å². The second kappa shape index (κ2) is 10.4. The first-order chi connectivity index (χ1) is 18.6. The molecular weight excluding hydrogens is 560 g/mol. The number of halogens is 5. The van der Waals surface area contributed by atoms with Gasteiger partial charge in [-0.1, -0.05) is 17.7 Å². The third kappa shape index (κ3) is 4.66. The maximum absolute atomic E-state index is 15.7. The Bertz CT molecular complexity index is 1590. The lowest BCUT2D eigenvalue weighted by atomic mass is 9.95. The maximum Gasteiger partial charge on any atom is 0.258 e. The Kier molecular flexibility index (Phi) is 7.13. The van der Waals surface area contributed by atoms with Gasteiger partial charge in [0.25, 0.3) is 12.3 Å². The number of anilines is 1. The lowest BCUT2D eigenvalue weighted by Crippen LogP contribution is -2.57. The molecule has 2 aliphatic heterocycles. The fraction of sp³-hybridized carbons (Fsp3) is 0.269. The lowest BCUT2D eigenvalue weighted by molar-refractivity contribution is -0.128. The summed E-state index contributed by atoms with van der Waals surface area (Å²) in [6.07, 6.45) is -1.17. The number of piperazine rings is 1. The number of alkyl halides is 2. The zero-order valence-electron chi connectivity index (χ0n) is 20.0. The van der Waals surface area contributed by atoms with E-state index in [0.717, 1.165) is 29.5 Å². The molecule has 39 heavy (non-hydrogen) atoms. The van der Waals surface area contributed by atoms with Crippen LogP contribution in [0.2, 0.25) is 5.02 Å². The van der Waals surface area contributed by atoms with Crippen LogP contribution in [-0.2, 0) is 4.79 Å². The zero-order chi connectivity index (χ0) is 28.0. The summed E-state index contributed by atoms with van der Waals surface area (Å²) in [6, 6.07) is 4.84. The van der Waals surface area contributed by atoms with E-state index in [-0.39, 0.29) is 80.8 Å². The van der Waals surface area contributed by atoms with Crippen LogP contribution in [0.1, 0.15) is 22.3 Å². The van der Waals surface area contributed by atoms with Crippen molar-refractivity contribution in [3.05, 3.63) is 58.1 Å². The Labute approximate surface area is 228 Å².